The summed E-state index contributed by atoms with van der Waals surface area (Å²) < 4.78 is 24.4. The van der Waals surface area contributed by atoms with Gasteiger partial charge in [-0.1, -0.05) is 17.7 Å². The molecule has 21 heavy (non-hydrogen) atoms. The van der Waals surface area contributed by atoms with Gasteiger partial charge in [-0.25, -0.2) is 4.39 Å². The molecule has 2 aromatic carbocycles. The number of aliphatic hydroxyl groups is 1. The maximum absolute atomic E-state index is 13.5. The zero-order chi connectivity index (χ0) is 15.0. The number of aliphatic hydroxyl groups excluding tert-OH is 1. The van der Waals surface area contributed by atoms with E-state index in [4.69, 9.17) is 21.1 Å². The van der Waals surface area contributed by atoms with Crippen molar-refractivity contribution in [3.8, 4) is 11.5 Å². The predicted molar refractivity (Wildman–Crippen MR) is 77.6 cm³/mol. The van der Waals surface area contributed by atoms with Crippen molar-refractivity contribution in [1.29, 1.82) is 0 Å². The molecule has 5 heteroatoms. The van der Waals surface area contributed by atoms with Crippen LogP contribution in [0, 0.1) is 12.7 Å². The number of benzene rings is 2. The highest BCUT2D eigenvalue weighted by molar-refractivity contribution is 6.31. The van der Waals surface area contributed by atoms with Crippen molar-refractivity contribution in [3.63, 3.8) is 0 Å². The van der Waals surface area contributed by atoms with Gasteiger partial charge in [0.1, 0.15) is 25.1 Å². The molecule has 1 unspecified atom stereocenters. The molecule has 0 fully saturated rings. The van der Waals surface area contributed by atoms with E-state index in [0.717, 1.165) is 5.56 Å². The highest BCUT2D eigenvalue weighted by Gasteiger charge is 2.21. The lowest BCUT2D eigenvalue weighted by Crippen LogP contribution is -2.16. The Kier molecular flexibility index (Phi) is 3.74. The minimum atomic E-state index is -1.03. The van der Waals surface area contributed by atoms with Gasteiger partial charge in [-0.2, -0.15) is 0 Å². The smallest absolute Gasteiger partial charge is 0.162 e. The van der Waals surface area contributed by atoms with Crippen molar-refractivity contribution in [1.82, 2.24) is 0 Å². The SMILES string of the molecule is Cc1cc(F)cc(C(O)c2cc3c(cc2Cl)OCCO3)c1. The van der Waals surface area contributed by atoms with E-state index in [1.807, 2.05) is 0 Å². The second-order valence-electron chi connectivity index (χ2n) is 4.98. The molecular formula is C16H14ClFO3. The van der Waals surface area contributed by atoms with Crippen molar-refractivity contribution >= 4 is 11.6 Å². The Hall–Kier alpha value is -1.78. The summed E-state index contributed by atoms with van der Waals surface area (Å²) in [6, 6.07) is 7.68. The van der Waals surface area contributed by atoms with Gasteiger partial charge in [0.05, 0.1) is 5.02 Å². The van der Waals surface area contributed by atoms with Crippen molar-refractivity contribution in [3.05, 3.63) is 57.9 Å². The van der Waals surface area contributed by atoms with Crippen LogP contribution < -0.4 is 9.47 Å². The molecule has 0 saturated heterocycles. The zero-order valence-corrected chi connectivity index (χ0v) is 12.2. The molecule has 0 bridgehead atoms. The van der Waals surface area contributed by atoms with Gasteiger partial charge in [0.25, 0.3) is 0 Å². The molecule has 1 N–H and O–H groups in total. The second kappa shape index (κ2) is 5.54. The summed E-state index contributed by atoms with van der Waals surface area (Å²) in [4.78, 5) is 0. The standard InChI is InChI=1S/C16H14ClFO3/c1-9-4-10(6-11(18)5-9)16(19)12-7-14-15(8-13(12)17)21-3-2-20-14/h4-8,16,19H,2-3H2,1H3. The van der Waals surface area contributed by atoms with Gasteiger partial charge in [-0.3, -0.25) is 0 Å². The number of halogens is 2. The molecule has 0 aromatic heterocycles. The number of fused-ring (bicyclic) bond motifs is 1. The summed E-state index contributed by atoms with van der Waals surface area (Å²) in [5, 5.41) is 10.8. The van der Waals surface area contributed by atoms with E-state index in [0.29, 0.717) is 40.9 Å². The summed E-state index contributed by atoms with van der Waals surface area (Å²) in [5.74, 6) is 0.697. The number of hydrogen-bond acceptors (Lipinski definition) is 3. The van der Waals surface area contributed by atoms with Crippen molar-refractivity contribution in [2.75, 3.05) is 13.2 Å². The fourth-order valence-corrected chi connectivity index (χ4v) is 2.65. The first-order valence-corrected chi connectivity index (χ1v) is 6.96. The highest BCUT2D eigenvalue weighted by atomic mass is 35.5. The van der Waals surface area contributed by atoms with Gasteiger partial charge in [0.2, 0.25) is 0 Å². The summed E-state index contributed by atoms with van der Waals surface area (Å²) in [5.41, 5.74) is 1.65. The van der Waals surface area contributed by atoms with Crippen molar-refractivity contribution in [2.45, 2.75) is 13.0 Å². The van der Waals surface area contributed by atoms with Gasteiger partial charge >= 0.3 is 0 Å². The quantitative estimate of drug-likeness (QED) is 0.920. The molecule has 1 aliphatic heterocycles. The van der Waals surface area contributed by atoms with Gasteiger partial charge in [-0.05, 0) is 36.2 Å². The topological polar surface area (TPSA) is 38.7 Å². The Morgan fingerprint density at radius 1 is 1.10 bits per heavy atom. The molecule has 1 heterocycles. The summed E-state index contributed by atoms with van der Waals surface area (Å²) in [6.45, 7) is 2.68. The van der Waals surface area contributed by atoms with Gasteiger partial charge < -0.3 is 14.6 Å². The minimum absolute atomic E-state index is 0.355. The Balaban J connectivity index is 2.02. The average molecular weight is 309 g/mol. The fraction of sp³-hybridized carbons (Fsp3) is 0.250. The molecule has 0 aliphatic carbocycles. The van der Waals surface area contributed by atoms with Crippen LogP contribution in [0.5, 0.6) is 11.5 Å². The Morgan fingerprint density at radius 2 is 1.76 bits per heavy atom. The molecule has 2 aromatic rings. The average Bonchev–Trinajstić information content (AvgIpc) is 2.44. The first-order chi connectivity index (χ1) is 10.0. The molecule has 0 radical (unpaired) electrons. The monoisotopic (exact) mass is 308 g/mol. The van der Waals surface area contributed by atoms with Crippen LogP contribution in [0.2, 0.25) is 5.02 Å². The van der Waals surface area contributed by atoms with Crippen LogP contribution in [-0.4, -0.2) is 18.3 Å². The molecular weight excluding hydrogens is 295 g/mol. The fourth-order valence-electron chi connectivity index (χ4n) is 2.39. The molecule has 0 amide bonds. The molecule has 1 atom stereocenters. The van der Waals surface area contributed by atoms with Crippen LogP contribution in [0.25, 0.3) is 0 Å². The molecule has 0 spiro atoms. The lowest BCUT2D eigenvalue weighted by atomic mass is 9.99. The van der Waals surface area contributed by atoms with Crippen LogP contribution in [0.4, 0.5) is 4.39 Å². The molecule has 0 saturated carbocycles. The molecule has 3 rings (SSSR count). The van der Waals surface area contributed by atoms with Crippen molar-refractivity contribution < 1.29 is 19.0 Å². The number of ether oxygens (including phenoxy) is 2. The summed E-state index contributed by atoms with van der Waals surface area (Å²) >= 11 is 6.20. The van der Waals surface area contributed by atoms with Crippen LogP contribution in [-0.2, 0) is 0 Å². The first kappa shape index (κ1) is 14.2. The van der Waals surface area contributed by atoms with Crippen LogP contribution in [0.1, 0.15) is 22.8 Å². The summed E-state index contributed by atoms with van der Waals surface area (Å²) in [7, 11) is 0. The third kappa shape index (κ3) is 2.82. The van der Waals surface area contributed by atoms with E-state index in [9.17, 15) is 9.50 Å². The molecule has 1 aliphatic rings. The van der Waals surface area contributed by atoms with Crippen LogP contribution in [0.15, 0.2) is 30.3 Å². The van der Waals surface area contributed by atoms with E-state index >= 15 is 0 Å². The van der Waals surface area contributed by atoms with E-state index < -0.39 is 11.9 Å². The third-order valence-corrected chi connectivity index (χ3v) is 3.66. The first-order valence-electron chi connectivity index (χ1n) is 6.59. The van der Waals surface area contributed by atoms with E-state index in [-0.39, 0.29) is 0 Å². The van der Waals surface area contributed by atoms with Crippen LogP contribution >= 0.6 is 11.6 Å². The lowest BCUT2D eigenvalue weighted by molar-refractivity contribution is 0.169. The van der Waals surface area contributed by atoms with Crippen LogP contribution in [0.3, 0.4) is 0 Å². The Morgan fingerprint density at radius 3 is 2.43 bits per heavy atom. The maximum atomic E-state index is 13.5. The second-order valence-corrected chi connectivity index (χ2v) is 5.39. The third-order valence-electron chi connectivity index (χ3n) is 3.34. The van der Waals surface area contributed by atoms with Crippen molar-refractivity contribution in [2.24, 2.45) is 0 Å². The van der Waals surface area contributed by atoms with Gasteiger partial charge in [-0.15, -0.1) is 0 Å². The van der Waals surface area contributed by atoms with E-state index in [2.05, 4.69) is 0 Å². The van der Waals surface area contributed by atoms with Gasteiger partial charge in [0, 0.05) is 11.6 Å². The van der Waals surface area contributed by atoms with E-state index in [1.54, 1.807) is 25.1 Å². The summed E-state index contributed by atoms with van der Waals surface area (Å²) in [6.07, 6.45) is -1.03. The van der Waals surface area contributed by atoms with E-state index in [1.165, 1.54) is 12.1 Å². The number of rotatable bonds is 2. The zero-order valence-electron chi connectivity index (χ0n) is 11.4. The molecule has 3 nitrogen and oxygen atoms in total. The minimum Gasteiger partial charge on any atom is -0.486 e. The Bertz CT molecular complexity index is 667. The highest BCUT2D eigenvalue weighted by Crippen LogP contribution is 2.39. The lowest BCUT2D eigenvalue weighted by Gasteiger charge is -2.21. The Labute approximate surface area is 126 Å². The predicted octanol–water partition coefficient (Wildman–Crippen LogP) is 3.64. The molecule has 110 valence electrons. The van der Waals surface area contributed by atoms with Gasteiger partial charge in [0.15, 0.2) is 11.5 Å². The maximum Gasteiger partial charge on any atom is 0.162 e. The largest absolute Gasteiger partial charge is 0.486 e. The number of aryl methyl sites for hydroxylation is 1. The normalized spacial score (nSPS) is 14.9. The number of hydrogen-bond donors (Lipinski definition) is 1.